The highest BCUT2D eigenvalue weighted by atomic mass is 32.2. The van der Waals surface area contributed by atoms with Crippen LogP contribution in [0.5, 0.6) is 5.75 Å². The van der Waals surface area contributed by atoms with Crippen molar-refractivity contribution in [2.75, 3.05) is 32.6 Å². The van der Waals surface area contributed by atoms with Crippen LogP contribution in [-0.2, 0) is 14.8 Å². The van der Waals surface area contributed by atoms with Crippen LogP contribution in [0.1, 0.15) is 6.92 Å². The third kappa shape index (κ3) is 3.86. The Hall–Kier alpha value is -1.31. The van der Waals surface area contributed by atoms with Crippen molar-refractivity contribution in [1.29, 1.82) is 0 Å². The van der Waals surface area contributed by atoms with Gasteiger partial charge in [0, 0.05) is 18.8 Å². The molecule has 0 saturated carbocycles. The largest absolute Gasteiger partial charge is 0.495 e. The fourth-order valence-corrected chi connectivity index (χ4v) is 2.59. The molecule has 0 unspecified atom stereocenters. The molecule has 0 radical (unpaired) electrons. The number of sulfonamides is 1. The second-order valence-corrected chi connectivity index (χ2v) is 5.24. The Morgan fingerprint density at radius 1 is 1.39 bits per heavy atom. The fraction of sp³-hybridized carbons (Fsp3) is 0.455. The molecule has 1 aromatic rings. The van der Waals surface area contributed by atoms with Crippen LogP contribution in [0.4, 0.5) is 5.69 Å². The lowest BCUT2D eigenvalue weighted by Crippen LogP contribution is -2.28. The number of hydrogen-bond acceptors (Lipinski definition) is 5. The zero-order chi connectivity index (χ0) is 13.6. The Kier molecular flexibility index (Phi) is 5.39. The van der Waals surface area contributed by atoms with E-state index in [0.29, 0.717) is 18.9 Å². The summed E-state index contributed by atoms with van der Waals surface area (Å²) in [7, 11) is -2.23. The van der Waals surface area contributed by atoms with Crippen molar-refractivity contribution in [3.8, 4) is 5.75 Å². The van der Waals surface area contributed by atoms with Crippen LogP contribution in [0.2, 0.25) is 0 Å². The highest BCUT2D eigenvalue weighted by Crippen LogP contribution is 2.25. The minimum Gasteiger partial charge on any atom is -0.495 e. The molecular weight excluding hydrogens is 256 g/mol. The Morgan fingerprint density at radius 3 is 2.72 bits per heavy atom. The van der Waals surface area contributed by atoms with Crippen molar-refractivity contribution in [2.45, 2.75) is 11.8 Å². The van der Waals surface area contributed by atoms with E-state index in [-0.39, 0.29) is 17.2 Å². The summed E-state index contributed by atoms with van der Waals surface area (Å²) in [6, 6.07) is 4.46. The van der Waals surface area contributed by atoms with E-state index in [2.05, 4.69) is 4.72 Å². The molecule has 0 spiro atoms. The maximum absolute atomic E-state index is 12.0. The monoisotopic (exact) mass is 274 g/mol. The van der Waals surface area contributed by atoms with Crippen molar-refractivity contribution in [3.05, 3.63) is 18.2 Å². The van der Waals surface area contributed by atoms with E-state index >= 15 is 0 Å². The molecule has 0 amide bonds. The van der Waals surface area contributed by atoms with Gasteiger partial charge in [-0.05, 0) is 25.1 Å². The normalized spacial score (nSPS) is 11.4. The average molecular weight is 274 g/mol. The summed E-state index contributed by atoms with van der Waals surface area (Å²) in [5.74, 6) is 0.258. The zero-order valence-electron chi connectivity index (χ0n) is 10.5. The van der Waals surface area contributed by atoms with Gasteiger partial charge in [-0.2, -0.15) is 0 Å². The van der Waals surface area contributed by atoms with E-state index in [9.17, 15) is 8.42 Å². The smallest absolute Gasteiger partial charge is 0.244 e. The number of hydrogen-bond donors (Lipinski definition) is 2. The molecule has 0 saturated heterocycles. The second-order valence-electron chi connectivity index (χ2n) is 3.50. The molecule has 0 bridgehead atoms. The molecule has 18 heavy (non-hydrogen) atoms. The predicted octanol–water partition coefficient (Wildman–Crippen LogP) is 0.592. The van der Waals surface area contributed by atoms with Gasteiger partial charge in [-0.25, -0.2) is 13.1 Å². The second kappa shape index (κ2) is 6.58. The van der Waals surface area contributed by atoms with Gasteiger partial charge in [0.25, 0.3) is 0 Å². The number of nitrogens with two attached hydrogens (primary N) is 1. The molecule has 1 rings (SSSR count). The van der Waals surface area contributed by atoms with Crippen molar-refractivity contribution in [3.63, 3.8) is 0 Å². The van der Waals surface area contributed by atoms with Gasteiger partial charge in [0.2, 0.25) is 10.0 Å². The topological polar surface area (TPSA) is 90.7 Å². The number of rotatable bonds is 7. The van der Waals surface area contributed by atoms with Gasteiger partial charge in [-0.15, -0.1) is 0 Å². The van der Waals surface area contributed by atoms with Crippen molar-refractivity contribution in [1.82, 2.24) is 4.72 Å². The standard InChI is InChI=1S/C11H18N2O4S/c1-3-17-7-6-13-18(14,15)11-8-9(12)4-5-10(11)16-2/h4-5,8,13H,3,6-7,12H2,1-2H3. The summed E-state index contributed by atoms with van der Waals surface area (Å²) in [5, 5.41) is 0. The van der Waals surface area contributed by atoms with E-state index in [1.54, 1.807) is 6.07 Å². The molecule has 0 aliphatic carbocycles. The summed E-state index contributed by atoms with van der Waals surface area (Å²) < 4.78 is 36.5. The molecule has 0 fully saturated rings. The quantitative estimate of drug-likeness (QED) is 0.561. The minimum atomic E-state index is -3.64. The molecule has 102 valence electrons. The Labute approximate surface area is 107 Å². The maximum atomic E-state index is 12.0. The first-order valence-electron chi connectivity index (χ1n) is 5.52. The summed E-state index contributed by atoms with van der Waals surface area (Å²) in [6.45, 7) is 2.91. The molecule has 1 aromatic carbocycles. The summed E-state index contributed by atoms with van der Waals surface area (Å²) in [6.07, 6.45) is 0. The number of anilines is 1. The first kappa shape index (κ1) is 14.7. The van der Waals surface area contributed by atoms with E-state index in [1.165, 1.54) is 19.2 Å². The van der Waals surface area contributed by atoms with Gasteiger partial charge in [0.05, 0.1) is 13.7 Å². The Balaban J connectivity index is 2.87. The van der Waals surface area contributed by atoms with E-state index in [1.807, 2.05) is 6.92 Å². The first-order valence-corrected chi connectivity index (χ1v) is 7.00. The maximum Gasteiger partial charge on any atom is 0.244 e. The average Bonchev–Trinajstić information content (AvgIpc) is 2.35. The van der Waals surface area contributed by atoms with Crippen molar-refractivity contribution in [2.24, 2.45) is 0 Å². The lowest BCUT2D eigenvalue weighted by molar-refractivity contribution is 0.153. The molecular formula is C11H18N2O4S. The highest BCUT2D eigenvalue weighted by Gasteiger charge is 2.19. The molecule has 3 N–H and O–H groups in total. The SMILES string of the molecule is CCOCCNS(=O)(=O)c1cc(N)ccc1OC. The summed E-state index contributed by atoms with van der Waals surface area (Å²) in [5.41, 5.74) is 5.94. The van der Waals surface area contributed by atoms with Crippen LogP contribution in [0.15, 0.2) is 23.1 Å². The molecule has 0 aliphatic heterocycles. The first-order chi connectivity index (χ1) is 8.51. The van der Waals surface area contributed by atoms with Gasteiger partial charge in [-0.1, -0.05) is 0 Å². The summed E-state index contributed by atoms with van der Waals surface area (Å²) >= 11 is 0. The molecule has 0 atom stereocenters. The van der Waals surface area contributed by atoms with Crippen LogP contribution >= 0.6 is 0 Å². The number of nitrogens with one attached hydrogen (secondary N) is 1. The lowest BCUT2D eigenvalue weighted by Gasteiger charge is -2.11. The molecule has 7 heteroatoms. The Bertz CT molecular complexity index is 488. The van der Waals surface area contributed by atoms with Gasteiger partial charge in [-0.3, -0.25) is 0 Å². The predicted molar refractivity (Wildman–Crippen MR) is 69.1 cm³/mol. The van der Waals surface area contributed by atoms with E-state index in [4.69, 9.17) is 15.2 Å². The zero-order valence-corrected chi connectivity index (χ0v) is 11.3. The number of benzene rings is 1. The molecule has 0 aromatic heterocycles. The van der Waals surface area contributed by atoms with Gasteiger partial charge in [0.15, 0.2) is 0 Å². The highest BCUT2D eigenvalue weighted by molar-refractivity contribution is 7.89. The van der Waals surface area contributed by atoms with Gasteiger partial charge < -0.3 is 15.2 Å². The van der Waals surface area contributed by atoms with Crippen LogP contribution in [0, 0.1) is 0 Å². The van der Waals surface area contributed by atoms with Crippen molar-refractivity contribution < 1.29 is 17.9 Å². The minimum absolute atomic E-state index is 0.0292. The summed E-state index contributed by atoms with van der Waals surface area (Å²) in [4.78, 5) is 0.0292. The van der Waals surface area contributed by atoms with E-state index in [0.717, 1.165) is 0 Å². The van der Waals surface area contributed by atoms with Crippen LogP contribution in [0.3, 0.4) is 0 Å². The van der Waals surface area contributed by atoms with Crippen molar-refractivity contribution >= 4 is 15.7 Å². The molecule has 0 aliphatic rings. The lowest BCUT2D eigenvalue weighted by atomic mass is 10.3. The third-order valence-corrected chi connectivity index (χ3v) is 3.70. The fourth-order valence-electron chi connectivity index (χ4n) is 1.37. The number of nitrogen functional groups attached to an aromatic ring is 1. The van der Waals surface area contributed by atoms with Gasteiger partial charge >= 0.3 is 0 Å². The van der Waals surface area contributed by atoms with Crippen LogP contribution in [0.25, 0.3) is 0 Å². The van der Waals surface area contributed by atoms with Gasteiger partial charge in [0.1, 0.15) is 10.6 Å². The Morgan fingerprint density at radius 2 is 2.11 bits per heavy atom. The number of ether oxygens (including phenoxy) is 2. The third-order valence-electron chi connectivity index (χ3n) is 2.22. The molecule has 0 heterocycles. The molecule has 6 nitrogen and oxygen atoms in total. The van der Waals surface area contributed by atoms with Crippen LogP contribution < -0.4 is 15.2 Å². The van der Waals surface area contributed by atoms with E-state index < -0.39 is 10.0 Å². The van der Waals surface area contributed by atoms with Crippen LogP contribution in [-0.4, -0.2) is 35.3 Å². The number of methoxy groups -OCH3 is 1.